The number of carboxylic acid groups (broad SMARTS) is 2. The fraction of sp³-hybridized carbons (Fsp3) is 0.579. The second kappa shape index (κ2) is 9.42. The van der Waals surface area contributed by atoms with Crippen LogP contribution in [-0.2, 0) is 16.1 Å². The molecule has 6 heteroatoms. The summed E-state index contributed by atoms with van der Waals surface area (Å²) in [4.78, 5) is 24.3. The molecule has 1 aromatic rings. The van der Waals surface area contributed by atoms with Crippen LogP contribution in [0.4, 0.5) is 0 Å². The van der Waals surface area contributed by atoms with Crippen molar-refractivity contribution in [1.82, 2.24) is 4.90 Å². The molecule has 1 aliphatic heterocycles. The van der Waals surface area contributed by atoms with Crippen LogP contribution in [-0.4, -0.2) is 46.7 Å². The monoisotopic (exact) mass is 349 g/mol. The Bertz CT molecular complexity index is 550. The van der Waals surface area contributed by atoms with Crippen LogP contribution in [0.25, 0.3) is 0 Å². The first-order chi connectivity index (χ1) is 12.0. The van der Waals surface area contributed by atoms with Gasteiger partial charge in [-0.15, -0.1) is 0 Å². The first kappa shape index (κ1) is 19.2. The highest BCUT2D eigenvalue weighted by atomic mass is 16.5. The Morgan fingerprint density at radius 3 is 2.16 bits per heavy atom. The summed E-state index contributed by atoms with van der Waals surface area (Å²) in [5, 5.41) is 18.4. The Labute approximate surface area is 148 Å². The number of ether oxygens (including phenoxy) is 1. The summed E-state index contributed by atoms with van der Waals surface area (Å²) >= 11 is 0. The van der Waals surface area contributed by atoms with Gasteiger partial charge in [0, 0.05) is 19.6 Å². The summed E-state index contributed by atoms with van der Waals surface area (Å²) in [6, 6.07) is 7.72. The van der Waals surface area contributed by atoms with Gasteiger partial charge in [-0.05, 0) is 24.1 Å². The fourth-order valence-corrected chi connectivity index (χ4v) is 3.18. The van der Waals surface area contributed by atoms with E-state index in [1.807, 2.05) is 29.2 Å². The van der Waals surface area contributed by atoms with E-state index in [0.29, 0.717) is 13.2 Å². The number of hydrogen-bond acceptors (Lipinski definition) is 4. The van der Waals surface area contributed by atoms with Crippen LogP contribution in [0.5, 0.6) is 5.75 Å². The van der Waals surface area contributed by atoms with Crippen molar-refractivity contribution < 1.29 is 24.5 Å². The number of nitrogens with zero attached hydrogens (tertiary/aromatic N) is 1. The van der Waals surface area contributed by atoms with Crippen molar-refractivity contribution in [1.29, 1.82) is 0 Å². The lowest BCUT2D eigenvalue weighted by atomic mass is 9.97. The highest BCUT2D eigenvalue weighted by Crippen LogP contribution is 2.26. The van der Waals surface area contributed by atoms with Crippen LogP contribution in [0.15, 0.2) is 24.3 Å². The van der Waals surface area contributed by atoms with E-state index in [-0.39, 0.29) is 13.1 Å². The van der Waals surface area contributed by atoms with Gasteiger partial charge in [-0.3, -0.25) is 14.5 Å². The van der Waals surface area contributed by atoms with Gasteiger partial charge < -0.3 is 14.9 Å². The van der Waals surface area contributed by atoms with Crippen LogP contribution in [0.2, 0.25) is 0 Å². The molecule has 0 bridgehead atoms. The average Bonchev–Trinajstić information content (AvgIpc) is 3.01. The molecule has 1 aromatic carbocycles. The van der Waals surface area contributed by atoms with Crippen LogP contribution in [0, 0.1) is 11.8 Å². The summed E-state index contributed by atoms with van der Waals surface area (Å²) in [6.45, 7) is 3.97. The highest BCUT2D eigenvalue weighted by Gasteiger charge is 2.41. The molecule has 0 amide bonds. The van der Waals surface area contributed by atoms with E-state index in [0.717, 1.165) is 17.7 Å². The van der Waals surface area contributed by atoms with E-state index in [1.54, 1.807) is 0 Å². The maximum Gasteiger partial charge on any atom is 0.308 e. The van der Waals surface area contributed by atoms with Gasteiger partial charge in [0.2, 0.25) is 0 Å². The van der Waals surface area contributed by atoms with Crippen molar-refractivity contribution in [3.8, 4) is 5.75 Å². The second-order valence-corrected chi connectivity index (χ2v) is 6.64. The molecule has 1 saturated heterocycles. The molecular weight excluding hydrogens is 322 g/mol. The molecule has 2 N–H and O–H groups in total. The predicted octanol–water partition coefficient (Wildman–Crippen LogP) is 2.86. The average molecular weight is 349 g/mol. The van der Waals surface area contributed by atoms with Crippen LogP contribution in [0.3, 0.4) is 0 Å². The number of carboxylic acids is 2. The third-order valence-corrected chi connectivity index (χ3v) is 4.63. The summed E-state index contributed by atoms with van der Waals surface area (Å²) in [5.41, 5.74) is 1.02. The lowest BCUT2D eigenvalue weighted by Gasteiger charge is -2.15. The van der Waals surface area contributed by atoms with Gasteiger partial charge in [0.05, 0.1) is 18.4 Å². The largest absolute Gasteiger partial charge is 0.494 e. The van der Waals surface area contributed by atoms with Gasteiger partial charge in [0.1, 0.15) is 5.75 Å². The molecule has 0 spiro atoms. The van der Waals surface area contributed by atoms with Crippen molar-refractivity contribution in [3.05, 3.63) is 29.8 Å². The maximum atomic E-state index is 11.2. The van der Waals surface area contributed by atoms with E-state index in [2.05, 4.69) is 6.92 Å². The van der Waals surface area contributed by atoms with E-state index >= 15 is 0 Å². The van der Waals surface area contributed by atoms with Gasteiger partial charge >= 0.3 is 11.9 Å². The van der Waals surface area contributed by atoms with E-state index in [1.165, 1.54) is 19.3 Å². The SMILES string of the molecule is CCCCCCOc1ccc(CN2C[C@H](C(=O)O)[C@H](C(=O)O)C2)cc1. The molecule has 0 saturated carbocycles. The van der Waals surface area contributed by atoms with Crippen molar-refractivity contribution in [2.24, 2.45) is 11.8 Å². The molecule has 2 atom stereocenters. The quantitative estimate of drug-likeness (QED) is 0.632. The molecule has 0 radical (unpaired) electrons. The summed E-state index contributed by atoms with van der Waals surface area (Å²) in [5.74, 6) is -2.94. The van der Waals surface area contributed by atoms with Crippen molar-refractivity contribution in [2.75, 3.05) is 19.7 Å². The van der Waals surface area contributed by atoms with Crippen molar-refractivity contribution in [2.45, 2.75) is 39.2 Å². The molecule has 138 valence electrons. The minimum absolute atomic E-state index is 0.266. The Balaban J connectivity index is 1.83. The summed E-state index contributed by atoms with van der Waals surface area (Å²) in [6.07, 6.45) is 4.67. The number of carbonyl (C=O) groups is 2. The third kappa shape index (κ3) is 5.74. The maximum absolute atomic E-state index is 11.2. The number of likely N-dealkylation sites (tertiary alicyclic amines) is 1. The number of unbranched alkanes of at least 4 members (excludes halogenated alkanes) is 3. The molecule has 6 nitrogen and oxygen atoms in total. The number of benzene rings is 1. The zero-order valence-electron chi connectivity index (χ0n) is 14.7. The van der Waals surface area contributed by atoms with Gasteiger partial charge in [-0.2, -0.15) is 0 Å². The molecule has 1 fully saturated rings. The molecule has 1 heterocycles. The van der Waals surface area contributed by atoms with Crippen molar-refractivity contribution >= 4 is 11.9 Å². The molecule has 0 aliphatic carbocycles. The third-order valence-electron chi connectivity index (χ3n) is 4.63. The zero-order valence-corrected chi connectivity index (χ0v) is 14.7. The summed E-state index contributed by atoms with van der Waals surface area (Å²) in [7, 11) is 0. The normalized spacial score (nSPS) is 20.5. The number of aliphatic carboxylic acids is 2. The van der Waals surface area contributed by atoms with E-state index in [9.17, 15) is 19.8 Å². The minimum Gasteiger partial charge on any atom is -0.494 e. The molecule has 2 rings (SSSR count). The Kier molecular flexibility index (Phi) is 7.25. The number of rotatable bonds is 10. The Hall–Kier alpha value is -2.08. The number of hydrogen-bond donors (Lipinski definition) is 2. The molecule has 1 aliphatic rings. The summed E-state index contributed by atoms with van der Waals surface area (Å²) < 4.78 is 5.71. The Morgan fingerprint density at radius 1 is 1.04 bits per heavy atom. The first-order valence-corrected chi connectivity index (χ1v) is 8.91. The predicted molar refractivity (Wildman–Crippen MR) is 93.6 cm³/mol. The lowest BCUT2D eigenvalue weighted by molar-refractivity contribution is -0.151. The van der Waals surface area contributed by atoms with E-state index < -0.39 is 23.8 Å². The molecule has 0 aromatic heterocycles. The second-order valence-electron chi connectivity index (χ2n) is 6.64. The van der Waals surface area contributed by atoms with E-state index in [4.69, 9.17) is 4.74 Å². The standard InChI is InChI=1S/C19H27NO5/c1-2-3-4-5-10-25-15-8-6-14(7-9-15)11-20-12-16(18(21)22)17(13-20)19(23)24/h6-9,16-17H,2-5,10-13H2,1H3,(H,21,22)(H,23,24)/t16-,17+. The van der Waals surface area contributed by atoms with Crippen LogP contribution < -0.4 is 4.74 Å². The molecule has 0 unspecified atom stereocenters. The zero-order chi connectivity index (χ0) is 18.2. The smallest absolute Gasteiger partial charge is 0.308 e. The van der Waals surface area contributed by atoms with Crippen molar-refractivity contribution in [3.63, 3.8) is 0 Å². The lowest BCUT2D eigenvalue weighted by Crippen LogP contribution is -2.28. The van der Waals surface area contributed by atoms with Gasteiger partial charge in [0.25, 0.3) is 0 Å². The molecule has 25 heavy (non-hydrogen) atoms. The van der Waals surface area contributed by atoms with Gasteiger partial charge in [-0.25, -0.2) is 0 Å². The Morgan fingerprint density at radius 2 is 1.64 bits per heavy atom. The first-order valence-electron chi connectivity index (χ1n) is 8.91. The molecular formula is C19H27NO5. The topological polar surface area (TPSA) is 87.1 Å². The fourth-order valence-electron chi connectivity index (χ4n) is 3.18. The van der Waals surface area contributed by atoms with Gasteiger partial charge in [-0.1, -0.05) is 38.3 Å². The van der Waals surface area contributed by atoms with Crippen LogP contribution >= 0.6 is 0 Å². The van der Waals surface area contributed by atoms with Gasteiger partial charge in [0.15, 0.2) is 0 Å². The van der Waals surface area contributed by atoms with Crippen LogP contribution in [0.1, 0.15) is 38.2 Å². The minimum atomic E-state index is -1.04. The highest BCUT2D eigenvalue weighted by molar-refractivity contribution is 5.81.